The van der Waals surface area contributed by atoms with E-state index in [9.17, 15) is 14.7 Å². The smallest absolute Gasteiger partial charge is 0.317 e. The van der Waals surface area contributed by atoms with Crippen LogP contribution in [0.5, 0.6) is 0 Å². The van der Waals surface area contributed by atoms with Crippen molar-refractivity contribution >= 4 is 12.0 Å². The third-order valence-electron chi connectivity index (χ3n) is 4.04. The lowest BCUT2D eigenvalue weighted by Crippen LogP contribution is -2.45. The van der Waals surface area contributed by atoms with E-state index < -0.39 is 11.4 Å². The Kier molecular flexibility index (Phi) is 6.12. The molecule has 1 rings (SSSR count). The van der Waals surface area contributed by atoms with Crippen molar-refractivity contribution in [3.05, 3.63) is 0 Å². The second-order valence-electron chi connectivity index (χ2n) is 5.58. The van der Waals surface area contributed by atoms with Crippen LogP contribution < -0.4 is 5.32 Å². The van der Waals surface area contributed by atoms with Crippen LogP contribution in [0.2, 0.25) is 0 Å². The fourth-order valence-corrected chi connectivity index (χ4v) is 2.60. The second kappa shape index (κ2) is 7.36. The fraction of sp³-hybridized carbons (Fsp3) is 0.857. The number of rotatable bonds is 7. The highest BCUT2D eigenvalue weighted by Gasteiger charge is 2.41. The zero-order chi connectivity index (χ0) is 14.3. The van der Waals surface area contributed by atoms with Gasteiger partial charge in [0.05, 0.1) is 5.41 Å². The number of urea groups is 1. The summed E-state index contributed by atoms with van der Waals surface area (Å²) in [6.07, 6.45) is 6.44. The predicted octanol–water partition coefficient (Wildman–Crippen LogP) is 2.46. The van der Waals surface area contributed by atoms with Crippen molar-refractivity contribution in [2.75, 3.05) is 20.1 Å². The van der Waals surface area contributed by atoms with Crippen LogP contribution in [0.25, 0.3) is 0 Å². The molecule has 2 N–H and O–H groups in total. The van der Waals surface area contributed by atoms with Gasteiger partial charge in [0.25, 0.3) is 0 Å². The minimum absolute atomic E-state index is 0.163. The molecule has 0 unspecified atom stereocenters. The first-order valence-electron chi connectivity index (χ1n) is 7.24. The van der Waals surface area contributed by atoms with Gasteiger partial charge >= 0.3 is 12.0 Å². The maximum Gasteiger partial charge on any atom is 0.317 e. The van der Waals surface area contributed by atoms with E-state index in [1.165, 1.54) is 0 Å². The number of hydrogen-bond acceptors (Lipinski definition) is 2. The Hall–Kier alpha value is -1.26. The number of nitrogens with one attached hydrogen (secondary N) is 1. The molecule has 5 nitrogen and oxygen atoms in total. The average molecular weight is 270 g/mol. The molecule has 1 aliphatic rings. The highest BCUT2D eigenvalue weighted by atomic mass is 16.4. The van der Waals surface area contributed by atoms with E-state index in [2.05, 4.69) is 12.2 Å². The van der Waals surface area contributed by atoms with Crippen molar-refractivity contribution < 1.29 is 14.7 Å². The predicted molar refractivity (Wildman–Crippen MR) is 74.1 cm³/mol. The Morgan fingerprint density at radius 1 is 1.26 bits per heavy atom. The molecule has 19 heavy (non-hydrogen) atoms. The van der Waals surface area contributed by atoms with Crippen LogP contribution in [0.1, 0.15) is 51.9 Å². The average Bonchev–Trinajstić information content (AvgIpc) is 2.86. The van der Waals surface area contributed by atoms with Gasteiger partial charge in [0.2, 0.25) is 0 Å². The van der Waals surface area contributed by atoms with Crippen molar-refractivity contribution in [3.8, 4) is 0 Å². The van der Waals surface area contributed by atoms with Crippen LogP contribution in [0.3, 0.4) is 0 Å². The molecule has 0 radical (unpaired) electrons. The van der Waals surface area contributed by atoms with Gasteiger partial charge in [0, 0.05) is 20.1 Å². The molecule has 0 aromatic carbocycles. The minimum Gasteiger partial charge on any atom is -0.481 e. The summed E-state index contributed by atoms with van der Waals surface area (Å²) >= 11 is 0. The Morgan fingerprint density at radius 2 is 1.89 bits per heavy atom. The Balaban J connectivity index is 2.37. The van der Waals surface area contributed by atoms with E-state index in [4.69, 9.17) is 0 Å². The molecular weight excluding hydrogens is 244 g/mol. The molecule has 0 spiro atoms. The lowest BCUT2D eigenvalue weighted by molar-refractivity contribution is -0.148. The highest BCUT2D eigenvalue weighted by Crippen LogP contribution is 2.37. The Bertz CT molecular complexity index is 312. The number of carbonyl (C=O) groups excluding carboxylic acids is 1. The maximum absolute atomic E-state index is 11.9. The van der Waals surface area contributed by atoms with E-state index in [-0.39, 0.29) is 12.6 Å². The first-order chi connectivity index (χ1) is 9.02. The van der Waals surface area contributed by atoms with Gasteiger partial charge in [-0.15, -0.1) is 0 Å². The molecule has 1 aliphatic carbocycles. The third-order valence-corrected chi connectivity index (χ3v) is 4.04. The molecule has 0 aromatic rings. The second-order valence-corrected chi connectivity index (χ2v) is 5.58. The van der Waals surface area contributed by atoms with Crippen LogP contribution >= 0.6 is 0 Å². The van der Waals surface area contributed by atoms with Gasteiger partial charge in [-0.3, -0.25) is 4.79 Å². The number of aliphatic carboxylic acids is 1. The molecule has 0 saturated heterocycles. The molecule has 1 fully saturated rings. The zero-order valence-electron chi connectivity index (χ0n) is 12.1. The van der Waals surface area contributed by atoms with Crippen LogP contribution in [0.15, 0.2) is 0 Å². The monoisotopic (exact) mass is 270 g/mol. The molecule has 0 aliphatic heterocycles. The Morgan fingerprint density at radius 3 is 2.42 bits per heavy atom. The van der Waals surface area contributed by atoms with Gasteiger partial charge in [-0.2, -0.15) is 0 Å². The minimum atomic E-state index is -0.779. The van der Waals surface area contributed by atoms with E-state index in [1.54, 1.807) is 11.9 Å². The highest BCUT2D eigenvalue weighted by molar-refractivity contribution is 5.78. The van der Waals surface area contributed by atoms with Gasteiger partial charge in [-0.05, 0) is 19.3 Å². The first kappa shape index (κ1) is 15.8. The summed E-state index contributed by atoms with van der Waals surface area (Å²) in [6.45, 7) is 3.09. The van der Waals surface area contributed by atoms with Crippen molar-refractivity contribution in [2.45, 2.75) is 51.9 Å². The summed E-state index contributed by atoms with van der Waals surface area (Å²) in [6, 6.07) is -0.163. The molecule has 110 valence electrons. The number of carboxylic acids is 1. The molecule has 1 saturated carbocycles. The summed E-state index contributed by atoms with van der Waals surface area (Å²) in [5.74, 6) is -0.779. The molecule has 0 bridgehead atoms. The van der Waals surface area contributed by atoms with E-state index in [0.717, 1.165) is 38.6 Å². The van der Waals surface area contributed by atoms with Gasteiger partial charge < -0.3 is 15.3 Å². The SMILES string of the molecule is CCCCCN(C)C(=O)NCC1(C(=O)O)CCCC1. The zero-order valence-corrected chi connectivity index (χ0v) is 12.1. The summed E-state index contributed by atoms with van der Waals surface area (Å²) in [7, 11) is 1.76. The summed E-state index contributed by atoms with van der Waals surface area (Å²) in [5.41, 5.74) is -0.736. The maximum atomic E-state index is 11.9. The van der Waals surface area contributed by atoms with Crippen molar-refractivity contribution in [3.63, 3.8) is 0 Å². The number of unbranched alkanes of at least 4 members (excludes halogenated alkanes) is 2. The standard InChI is InChI=1S/C14H26N2O3/c1-3-4-7-10-16(2)13(19)15-11-14(12(17)18)8-5-6-9-14/h3-11H2,1-2H3,(H,15,19)(H,17,18). The van der Waals surface area contributed by atoms with Gasteiger partial charge in [-0.1, -0.05) is 32.6 Å². The molecule has 0 heterocycles. The number of carboxylic acid groups (broad SMARTS) is 1. The van der Waals surface area contributed by atoms with Gasteiger partial charge in [0.1, 0.15) is 0 Å². The normalized spacial score (nSPS) is 17.2. The van der Waals surface area contributed by atoms with Gasteiger partial charge in [-0.25, -0.2) is 4.79 Å². The molecule has 5 heteroatoms. The topological polar surface area (TPSA) is 69.6 Å². The van der Waals surface area contributed by atoms with Crippen LogP contribution in [-0.2, 0) is 4.79 Å². The molecule has 0 aromatic heterocycles. The van der Waals surface area contributed by atoms with Crippen LogP contribution in [0.4, 0.5) is 4.79 Å². The molecule has 0 atom stereocenters. The van der Waals surface area contributed by atoms with Crippen LogP contribution in [0, 0.1) is 5.41 Å². The van der Waals surface area contributed by atoms with Crippen molar-refractivity contribution in [1.29, 1.82) is 0 Å². The van der Waals surface area contributed by atoms with Crippen molar-refractivity contribution in [2.24, 2.45) is 5.41 Å². The largest absolute Gasteiger partial charge is 0.481 e. The number of nitrogens with zero attached hydrogens (tertiary/aromatic N) is 1. The number of hydrogen-bond donors (Lipinski definition) is 2. The summed E-state index contributed by atoms with van der Waals surface area (Å²) in [4.78, 5) is 24.9. The number of amides is 2. The van der Waals surface area contributed by atoms with E-state index in [0.29, 0.717) is 12.8 Å². The third kappa shape index (κ3) is 4.40. The van der Waals surface area contributed by atoms with E-state index >= 15 is 0 Å². The van der Waals surface area contributed by atoms with Gasteiger partial charge in [0.15, 0.2) is 0 Å². The summed E-state index contributed by atoms with van der Waals surface area (Å²) < 4.78 is 0. The van der Waals surface area contributed by atoms with Crippen LogP contribution in [-0.4, -0.2) is 42.1 Å². The lowest BCUT2D eigenvalue weighted by atomic mass is 9.86. The quantitative estimate of drug-likeness (QED) is 0.698. The molecule has 2 amide bonds. The fourth-order valence-electron chi connectivity index (χ4n) is 2.60. The Labute approximate surface area is 115 Å². The van der Waals surface area contributed by atoms with E-state index in [1.807, 2.05) is 0 Å². The first-order valence-corrected chi connectivity index (χ1v) is 7.24. The molecular formula is C14H26N2O3. The van der Waals surface area contributed by atoms with Crippen molar-refractivity contribution in [1.82, 2.24) is 10.2 Å². The number of carbonyl (C=O) groups is 2. The summed E-state index contributed by atoms with van der Waals surface area (Å²) in [5, 5.41) is 12.1. The lowest BCUT2D eigenvalue weighted by Gasteiger charge is -2.26.